The van der Waals surface area contributed by atoms with E-state index in [2.05, 4.69) is 44.8 Å². The Kier molecular flexibility index (Phi) is 6.09. The molecule has 1 atom stereocenters. The predicted octanol–water partition coefficient (Wildman–Crippen LogP) is 3.94. The van der Waals surface area contributed by atoms with Crippen LogP contribution in [-0.4, -0.2) is 18.4 Å². The number of fused-ring (bicyclic) bond motifs is 1. The molecule has 2 aromatic carbocycles. The molecule has 0 aromatic heterocycles. The van der Waals surface area contributed by atoms with Gasteiger partial charge in [0.25, 0.3) is 5.91 Å². The second-order valence-corrected chi connectivity index (χ2v) is 7.63. The topological polar surface area (TPSA) is 58.2 Å². The molecule has 0 saturated heterocycles. The van der Waals surface area contributed by atoms with Crippen LogP contribution in [0.5, 0.6) is 0 Å². The number of aryl methyl sites for hydroxylation is 2. The molecular weight excluding hydrogens is 392 g/mol. The van der Waals surface area contributed by atoms with Gasteiger partial charge in [0.15, 0.2) is 0 Å². The normalized spacial score (nSPS) is 14.2. The minimum Gasteiger partial charge on any atom is -0.348 e. The monoisotopic (exact) mass is 414 g/mol. The van der Waals surface area contributed by atoms with Crippen molar-refractivity contribution in [1.29, 1.82) is 0 Å². The maximum absolute atomic E-state index is 12.2. The molecule has 1 aliphatic rings. The van der Waals surface area contributed by atoms with Crippen LogP contribution >= 0.6 is 15.9 Å². The molecule has 0 saturated carbocycles. The molecule has 4 nitrogen and oxygen atoms in total. The SMILES string of the molecule is CC(NC(=O)CNC(=O)c1cccc(Br)c1)c1ccc2c(c1)CCCC2. The van der Waals surface area contributed by atoms with Crippen LogP contribution in [0.15, 0.2) is 46.9 Å². The molecule has 0 aliphatic heterocycles. The van der Waals surface area contributed by atoms with E-state index in [0.29, 0.717) is 5.56 Å². The number of amides is 2. The van der Waals surface area contributed by atoms with E-state index in [1.54, 1.807) is 18.2 Å². The van der Waals surface area contributed by atoms with Gasteiger partial charge >= 0.3 is 0 Å². The summed E-state index contributed by atoms with van der Waals surface area (Å²) in [7, 11) is 0. The Bertz CT molecular complexity index is 819. The highest BCUT2D eigenvalue weighted by Gasteiger charge is 2.15. The summed E-state index contributed by atoms with van der Waals surface area (Å²) in [6.45, 7) is 1.93. The highest BCUT2D eigenvalue weighted by atomic mass is 79.9. The van der Waals surface area contributed by atoms with Crippen LogP contribution in [-0.2, 0) is 17.6 Å². The molecule has 0 bridgehead atoms. The van der Waals surface area contributed by atoms with Gasteiger partial charge in [0.05, 0.1) is 12.6 Å². The quantitative estimate of drug-likeness (QED) is 0.778. The Labute approximate surface area is 162 Å². The van der Waals surface area contributed by atoms with Crippen molar-refractivity contribution in [2.45, 2.75) is 38.6 Å². The van der Waals surface area contributed by atoms with E-state index in [1.807, 2.05) is 13.0 Å². The lowest BCUT2D eigenvalue weighted by molar-refractivity contribution is -0.120. The van der Waals surface area contributed by atoms with Crippen LogP contribution in [0.3, 0.4) is 0 Å². The van der Waals surface area contributed by atoms with Crippen molar-refractivity contribution in [3.63, 3.8) is 0 Å². The zero-order valence-corrected chi connectivity index (χ0v) is 16.4. The van der Waals surface area contributed by atoms with E-state index in [9.17, 15) is 9.59 Å². The fourth-order valence-corrected chi connectivity index (χ4v) is 3.69. The number of benzene rings is 2. The molecule has 1 unspecified atom stereocenters. The van der Waals surface area contributed by atoms with Gasteiger partial charge in [0.2, 0.25) is 5.91 Å². The van der Waals surface area contributed by atoms with Crippen LogP contribution in [0.25, 0.3) is 0 Å². The van der Waals surface area contributed by atoms with Crippen molar-refractivity contribution in [2.24, 2.45) is 0 Å². The molecule has 2 N–H and O–H groups in total. The maximum atomic E-state index is 12.2. The first kappa shape index (κ1) is 18.6. The third-order valence-corrected chi connectivity index (χ3v) is 5.24. The second-order valence-electron chi connectivity index (χ2n) is 6.72. The third kappa shape index (κ3) is 4.73. The van der Waals surface area contributed by atoms with E-state index >= 15 is 0 Å². The molecule has 0 fully saturated rings. The van der Waals surface area contributed by atoms with E-state index in [-0.39, 0.29) is 24.4 Å². The smallest absolute Gasteiger partial charge is 0.251 e. The summed E-state index contributed by atoms with van der Waals surface area (Å²) in [5.41, 5.74) is 4.46. The van der Waals surface area contributed by atoms with Crippen LogP contribution in [0.1, 0.15) is 52.9 Å². The fraction of sp³-hybridized carbons (Fsp3) is 0.333. The molecule has 136 valence electrons. The summed E-state index contributed by atoms with van der Waals surface area (Å²) in [5.74, 6) is -0.457. The Morgan fingerprint density at radius 2 is 1.85 bits per heavy atom. The van der Waals surface area contributed by atoms with E-state index in [4.69, 9.17) is 0 Å². The lowest BCUT2D eigenvalue weighted by Gasteiger charge is -2.20. The lowest BCUT2D eigenvalue weighted by atomic mass is 9.89. The number of hydrogen-bond acceptors (Lipinski definition) is 2. The summed E-state index contributed by atoms with van der Waals surface area (Å²) in [5, 5.41) is 5.62. The van der Waals surface area contributed by atoms with Gasteiger partial charge in [0.1, 0.15) is 0 Å². The number of halogens is 1. The summed E-state index contributed by atoms with van der Waals surface area (Å²) < 4.78 is 0.829. The fourth-order valence-electron chi connectivity index (χ4n) is 3.29. The van der Waals surface area contributed by atoms with Crippen molar-refractivity contribution < 1.29 is 9.59 Å². The van der Waals surface area contributed by atoms with Crippen LogP contribution < -0.4 is 10.6 Å². The van der Waals surface area contributed by atoms with Crippen LogP contribution in [0, 0.1) is 0 Å². The molecule has 0 spiro atoms. The molecule has 5 heteroatoms. The maximum Gasteiger partial charge on any atom is 0.251 e. The first-order valence-corrected chi connectivity index (χ1v) is 9.77. The van der Waals surface area contributed by atoms with Crippen molar-refractivity contribution in [3.8, 4) is 0 Å². The molecule has 2 amide bonds. The Hall–Kier alpha value is -2.14. The standard InChI is InChI=1S/C21H23BrN2O2/c1-14(16-10-9-15-5-2-3-6-17(15)11-16)24-20(25)13-23-21(26)18-7-4-8-19(22)12-18/h4,7-12,14H,2-3,5-6,13H2,1H3,(H,23,26)(H,24,25). The largest absolute Gasteiger partial charge is 0.348 e. The van der Waals surface area contributed by atoms with Crippen LogP contribution in [0.2, 0.25) is 0 Å². The van der Waals surface area contributed by atoms with E-state index < -0.39 is 0 Å². The average Bonchev–Trinajstić information content (AvgIpc) is 2.65. The van der Waals surface area contributed by atoms with E-state index in [0.717, 1.165) is 22.9 Å². The Morgan fingerprint density at radius 3 is 2.62 bits per heavy atom. The van der Waals surface area contributed by atoms with Gasteiger partial charge in [0, 0.05) is 10.0 Å². The number of carbonyl (C=O) groups excluding carboxylic acids is 2. The number of nitrogens with one attached hydrogen (secondary N) is 2. The minimum absolute atomic E-state index is 0.0410. The summed E-state index contributed by atoms with van der Waals surface area (Å²) in [6, 6.07) is 13.5. The molecule has 0 radical (unpaired) electrons. The number of carbonyl (C=O) groups is 2. The average molecular weight is 415 g/mol. The molecule has 26 heavy (non-hydrogen) atoms. The van der Waals surface area contributed by atoms with Crippen molar-refractivity contribution >= 4 is 27.7 Å². The Balaban J connectivity index is 1.53. The lowest BCUT2D eigenvalue weighted by Crippen LogP contribution is -2.38. The zero-order valence-electron chi connectivity index (χ0n) is 14.8. The van der Waals surface area contributed by atoms with Crippen molar-refractivity contribution in [2.75, 3.05) is 6.54 Å². The zero-order chi connectivity index (χ0) is 18.5. The molecule has 1 aliphatic carbocycles. The van der Waals surface area contributed by atoms with Gasteiger partial charge in [-0.15, -0.1) is 0 Å². The summed E-state index contributed by atoms with van der Waals surface area (Å²) in [6.07, 6.45) is 4.76. The molecular formula is C21H23BrN2O2. The Morgan fingerprint density at radius 1 is 1.08 bits per heavy atom. The van der Waals surface area contributed by atoms with Gasteiger partial charge in [-0.3, -0.25) is 9.59 Å². The van der Waals surface area contributed by atoms with E-state index in [1.165, 1.54) is 24.0 Å². The van der Waals surface area contributed by atoms with Crippen molar-refractivity contribution in [1.82, 2.24) is 10.6 Å². The third-order valence-electron chi connectivity index (χ3n) is 4.75. The van der Waals surface area contributed by atoms with Gasteiger partial charge in [-0.1, -0.05) is 40.2 Å². The van der Waals surface area contributed by atoms with Crippen molar-refractivity contribution in [3.05, 3.63) is 69.2 Å². The predicted molar refractivity (Wildman–Crippen MR) is 106 cm³/mol. The minimum atomic E-state index is -0.261. The van der Waals surface area contributed by atoms with Gasteiger partial charge < -0.3 is 10.6 Å². The van der Waals surface area contributed by atoms with Gasteiger partial charge in [-0.05, 0) is 67.5 Å². The first-order valence-electron chi connectivity index (χ1n) is 8.98. The highest BCUT2D eigenvalue weighted by molar-refractivity contribution is 9.10. The van der Waals surface area contributed by atoms with Gasteiger partial charge in [-0.2, -0.15) is 0 Å². The first-order chi connectivity index (χ1) is 12.5. The summed E-state index contributed by atoms with van der Waals surface area (Å²) >= 11 is 3.34. The highest BCUT2D eigenvalue weighted by Crippen LogP contribution is 2.24. The molecule has 0 heterocycles. The summed E-state index contributed by atoms with van der Waals surface area (Å²) in [4.78, 5) is 24.3. The second kappa shape index (κ2) is 8.49. The molecule has 3 rings (SSSR count). The number of hydrogen-bond donors (Lipinski definition) is 2. The van der Waals surface area contributed by atoms with Gasteiger partial charge in [-0.25, -0.2) is 0 Å². The number of rotatable bonds is 5. The van der Waals surface area contributed by atoms with Crippen LogP contribution in [0.4, 0.5) is 0 Å². The molecule has 2 aromatic rings.